The molecule has 24 heavy (non-hydrogen) atoms. The van der Waals surface area contributed by atoms with Crippen LogP contribution in [0.5, 0.6) is 0 Å². The van der Waals surface area contributed by atoms with Crippen molar-refractivity contribution in [3.63, 3.8) is 0 Å². The molecule has 0 bridgehead atoms. The zero-order valence-corrected chi connectivity index (χ0v) is 15.1. The first-order valence-corrected chi connectivity index (χ1v) is 9.08. The lowest BCUT2D eigenvalue weighted by molar-refractivity contribution is 0.112. The van der Waals surface area contributed by atoms with Gasteiger partial charge in [-0.25, -0.2) is 4.98 Å². The summed E-state index contributed by atoms with van der Waals surface area (Å²) in [6.45, 7) is 6.51. The standard InChI is InChI=1S/C21H21NOS/c1-4-16-11-15(13-23)5-10-19(16)21-22-12-20(24-21)18-8-6-17(7-9-18)14(2)3/h5-14H,4H2,1-3H3. The number of hydrogen-bond donors (Lipinski definition) is 0. The summed E-state index contributed by atoms with van der Waals surface area (Å²) in [5, 5.41) is 1.01. The third kappa shape index (κ3) is 3.31. The minimum atomic E-state index is 0.541. The molecule has 0 aliphatic carbocycles. The molecule has 122 valence electrons. The van der Waals surface area contributed by atoms with Gasteiger partial charge in [0.15, 0.2) is 0 Å². The Kier molecular flexibility index (Phi) is 4.91. The third-order valence-electron chi connectivity index (χ3n) is 4.24. The normalized spacial score (nSPS) is 11.0. The van der Waals surface area contributed by atoms with Crippen LogP contribution in [0.25, 0.3) is 21.0 Å². The zero-order chi connectivity index (χ0) is 17.1. The Hall–Kier alpha value is -2.26. The summed E-state index contributed by atoms with van der Waals surface area (Å²) in [4.78, 5) is 16.8. The Morgan fingerprint density at radius 3 is 2.50 bits per heavy atom. The fourth-order valence-electron chi connectivity index (χ4n) is 2.75. The molecule has 0 radical (unpaired) electrons. The Bertz CT molecular complexity index is 847. The molecule has 0 N–H and O–H groups in total. The number of aldehydes is 1. The Labute approximate surface area is 147 Å². The molecule has 3 rings (SSSR count). The maximum absolute atomic E-state index is 11.0. The fourth-order valence-corrected chi connectivity index (χ4v) is 3.73. The minimum Gasteiger partial charge on any atom is -0.298 e. The number of aromatic nitrogens is 1. The lowest BCUT2D eigenvalue weighted by atomic mass is 10.0. The smallest absolute Gasteiger partial charge is 0.150 e. The van der Waals surface area contributed by atoms with Gasteiger partial charge in [-0.1, -0.05) is 57.2 Å². The van der Waals surface area contributed by atoms with E-state index in [1.54, 1.807) is 11.3 Å². The second kappa shape index (κ2) is 7.10. The SMILES string of the molecule is CCc1cc(C=O)ccc1-c1ncc(-c2ccc(C(C)C)cc2)s1. The van der Waals surface area contributed by atoms with Gasteiger partial charge in [-0.15, -0.1) is 11.3 Å². The van der Waals surface area contributed by atoms with Gasteiger partial charge in [-0.05, 0) is 35.1 Å². The predicted molar refractivity (Wildman–Crippen MR) is 102 cm³/mol. The van der Waals surface area contributed by atoms with Crippen LogP contribution >= 0.6 is 11.3 Å². The largest absolute Gasteiger partial charge is 0.298 e. The summed E-state index contributed by atoms with van der Waals surface area (Å²) in [5.74, 6) is 0.541. The van der Waals surface area contributed by atoms with Crippen molar-refractivity contribution >= 4 is 17.6 Å². The number of rotatable bonds is 5. The van der Waals surface area contributed by atoms with Crippen LogP contribution in [-0.2, 0) is 6.42 Å². The molecule has 1 aromatic heterocycles. The van der Waals surface area contributed by atoms with E-state index in [9.17, 15) is 4.79 Å². The Balaban J connectivity index is 1.94. The molecule has 3 aromatic rings. The zero-order valence-electron chi connectivity index (χ0n) is 14.2. The van der Waals surface area contributed by atoms with Crippen LogP contribution in [0.4, 0.5) is 0 Å². The van der Waals surface area contributed by atoms with Crippen molar-refractivity contribution in [1.29, 1.82) is 0 Å². The van der Waals surface area contributed by atoms with Gasteiger partial charge in [-0.2, -0.15) is 0 Å². The van der Waals surface area contributed by atoms with Gasteiger partial charge in [0, 0.05) is 17.3 Å². The number of nitrogens with zero attached hydrogens (tertiary/aromatic N) is 1. The summed E-state index contributed by atoms with van der Waals surface area (Å²) >= 11 is 1.70. The number of carbonyl (C=O) groups excluding carboxylic acids is 1. The highest BCUT2D eigenvalue weighted by Gasteiger charge is 2.11. The van der Waals surface area contributed by atoms with Gasteiger partial charge >= 0.3 is 0 Å². The lowest BCUT2D eigenvalue weighted by Crippen LogP contribution is -1.90. The molecular weight excluding hydrogens is 314 g/mol. The second-order valence-corrected chi connectivity index (χ2v) is 7.23. The van der Waals surface area contributed by atoms with Crippen molar-refractivity contribution in [2.24, 2.45) is 0 Å². The molecule has 0 unspecified atom stereocenters. The van der Waals surface area contributed by atoms with E-state index in [0.29, 0.717) is 5.92 Å². The molecule has 0 atom stereocenters. The Morgan fingerprint density at radius 2 is 1.88 bits per heavy atom. The van der Waals surface area contributed by atoms with E-state index in [-0.39, 0.29) is 0 Å². The number of aryl methyl sites for hydroxylation is 1. The first-order chi connectivity index (χ1) is 11.6. The average molecular weight is 335 g/mol. The monoisotopic (exact) mass is 335 g/mol. The molecule has 2 aromatic carbocycles. The second-order valence-electron chi connectivity index (χ2n) is 6.19. The molecule has 0 fully saturated rings. The highest BCUT2D eigenvalue weighted by Crippen LogP contribution is 2.34. The van der Waals surface area contributed by atoms with Gasteiger partial charge in [-0.3, -0.25) is 4.79 Å². The van der Waals surface area contributed by atoms with E-state index >= 15 is 0 Å². The van der Waals surface area contributed by atoms with Crippen LogP contribution in [0.15, 0.2) is 48.7 Å². The van der Waals surface area contributed by atoms with E-state index < -0.39 is 0 Å². The van der Waals surface area contributed by atoms with Crippen LogP contribution < -0.4 is 0 Å². The quantitative estimate of drug-likeness (QED) is 0.537. The molecule has 1 heterocycles. The minimum absolute atomic E-state index is 0.541. The van der Waals surface area contributed by atoms with Crippen LogP contribution in [0.1, 0.15) is 48.2 Å². The van der Waals surface area contributed by atoms with E-state index in [0.717, 1.165) is 34.4 Å². The summed E-state index contributed by atoms with van der Waals surface area (Å²) in [5.41, 5.74) is 5.55. The van der Waals surface area contributed by atoms with Crippen LogP contribution in [0, 0.1) is 0 Å². The lowest BCUT2D eigenvalue weighted by Gasteiger charge is -2.06. The molecule has 0 saturated carbocycles. The third-order valence-corrected chi connectivity index (χ3v) is 5.32. The summed E-state index contributed by atoms with van der Waals surface area (Å²) < 4.78 is 0. The molecule has 0 amide bonds. The molecule has 3 heteroatoms. The Morgan fingerprint density at radius 1 is 1.12 bits per heavy atom. The van der Waals surface area contributed by atoms with E-state index in [1.165, 1.54) is 16.0 Å². The van der Waals surface area contributed by atoms with Crippen molar-refractivity contribution in [3.8, 4) is 21.0 Å². The van der Waals surface area contributed by atoms with E-state index in [4.69, 9.17) is 0 Å². The maximum Gasteiger partial charge on any atom is 0.150 e. The van der Waals surface area contributed by atoms with Crippen molar-refractivity contribution in [2.75, 3.05) is 0 Å². The number of benzene rings is 2. The van der Waals surface area contributed by atoms with Gasteiger partial charge in [0.1, 0.15) is 11.3 Å². The van der Waals surface area contributed by atoms with Crippen molar-refractivity contribution < 1.29 is 4.79 Å². The van der Waals surface area contributed by atoms with Crippen LogP contribution in [0.2, 0.25) is 0 Å². The number of carbonyl (C=O) groups is 1. The van der Waals surface area contributed by atoms with Gasteiger partial charge in [0.2, 0.25) is 0 Å². The highest BCUT2D eigenvalue weighted by molar-refractivity contribution is 7.18. The van der Waals surface area contributed by atoms with Gasteiger partial charge in [0.05, 0.1) is 4.88 Å². The highest BCUT2D eigenvalue weighted by atomic mass is 32.1. The molecule has 0 aliphatic rings. The molecule has 0 aliphatic heterocycles. The first-order valence-electron chi connectivity index (χ1n) is 8.27. The van der Waals surface area contributed by atoms with Crippen LogP contribution in [0.3, 0.4) is 0 Å². The summed E-state index contributed by atoms with van der Waals surface area (Å²) in [6.07, 6.45) is 3.72. The summed E-state index contributed by atoms with van der Waals surface area (Å²) in [7, 11) is 0. The molecular formula is C21H21NOS. The van der Waals surface area contributed by atoms with Crippen molar-refractivity contribution in [1.82, 2.24) is 4.98 Å². The topological polar surface area (TPSA) is 30.0 Å². The summed E-state index contributed by atoms with van der Waals surface area (Å²) in [6, 6.07) is 14.5. The van der Waals surface area contributed by atoms with E-state index in [2.05, 4.69) is 50.0 Å². The number of hydrogen-bond acceptors (Lipinski definition) is 3. The maximum atomic E-state index is 11.0. The van der Waals surface area contributed by atoms with Crippen molar-refractivity contribution in [2.45, 2.75) is 33.1 Å². The molecule has 0 saturated heterocycles. The molecule has 0 spiro atoms. The number of thiazole rings is 1. The van der Waals surface area contributed by atoms with E-state index in [1.807, 2.05) is 24.4 Å². The van der Waals surface area contributed by atoms with Crippen LogP contribution in [-0.4, -0.2) is 11.3 Å². The fraction of sp³-hybridized carbons (Fsp3) is 0.238. The van der Waals surface area contributed by atoms with Gasteiger partial charge < -0.3 is 0 Å². The average Bonchev–Trinajstić information content (AvgIpc) is 3.11. The first kappa shape index (κ1) is 16.6. The van der Waals surface area contributed by atoms with Gasteiger partial charge in [0.25, 0.3) is 0 Å². The predicted octanol–water partition coefficient (Wildman–Crippen LogP) is 5.98. The molecule has 2 nitrogen and oxygen atoms in total. The van der Waals surface area contributed by atoms with Crippen molar-refractivity contribution in [3.05, 3.63) is 65.4 Å².